The van der Waals surface area contributed by atoms with Gasteiger partial charge in [0.2, 0.25) is 5.91 Å². The number of halogens is 1. The number of carbonyl (C=O) groups is 1. The van der Waals surface area contributed by atoms with E-state index in [9.17, 15) is 9.18 Å². The van der Waals surface area contributed by atoms with Gasteiger partial charge in [-0.25, -0.2) is 4.39 Å². The lowest BCUT2D eigenvalue weighted by molar-refractivity contribution is -0.118. The van der Waals surface area contributed by atoms with E-state index in [0.717, 1.165) is 0 Å². The second kappa shape index (κ2) is 5.30. The largest absolute Gasteiger partial charge is 0.360 e. The van der Waals surface area contributed by atoms with E-state index in [2.05, 4.69) is 15.6 Å². The van der Waals surface area contributed by atoms with Crippen molar-refractivity contribution in [2.75, 3.05) is 5.32 Å². The van der Waals surface area contributed by atoms with Crippen LogP contribution in [0.3, 0.4) is 0 Å². The van der Waals surface area contributed by atoms with Gasteiger partial charge in [-0.1, -0.05) is 22.4 Å². The van der Waals surface area contributed by atoms with Gasteiger partial charge in [-0.15, -0.1) is 0 Å². The molecule has 0 spiro atoms. The number of aryl methyl sites for hydroxylation is 1. The molecule has 24 heavy (non-hydrogen) atoms. The number of nitrogens with zero attached hydrogens (tertiary/aromatic N) is 2. The maximum Gasteiger partial charge on any atom is 0.238 e. The van der Waals surface area contributed by atoms with E-state index in [4.69, 9.17) is 9.05 Å². The first-order valence-corrected chi connectivity index (χ1v) is 7.55. The summed E-state index contributed by atoms with van der Waals surface area (Å²) in [6.07, 6.45) is 1.30. The third kappa shape index (κ3) is 2.38. The number of rotatable bonds is 4. The minimum Gasteiger partial charge on any atom is -0.360 e. The zero-order chi connectivity index (χ0) is 16.7. The van der Waals surface area contributed by atoms with Gasteiger partial charge in [0.1, 0.15) is 11.6 Å². The van der Waals surface area contributed by atoms with Crippen LogP contribution in [0.1, 0.15) is 24.3 Å². The summed E-state index contributed by atoms with van der Waals surface area (Å²) in [6, 6.07) is 9.54. The molecule has 2 heterocycles. The van der Waals surface area contributed by atoms with Gasteiger partial charge < -0.3 is 14.4 Å². The minimum atomic E-state index is -0.750. The highest BCUT2D eigenvalue weighted by molar-refractivity contribution is 6.00. The topological polar surface area (TPSA) is 81.2 Å². The highest BCUT2D eigenvalue weighted by atomic mass is 19.1. The van der Waals surface area contributed by atoms with E-state index in [-0.39, 0.29) is 5.91 Å². The second-order valence-electron chi connectivity index (χ2n) is 5.92. The fraction of sp³-hybridized carbons (Fsp3) is 0.235. The Hall–Kier alpha value is -2.96. The van der Waals surface area contributed by atoms with E-state index < -0.39 is 11.2 Å². The number of carbonyl (C=O) groups excluding carboxylic acids is 1. The summed E-state index contributed by atoms with van der Waals surface area (Å²) in [6.45, 7) is 1.74. The van der Waals surface area contributed by atoms with Crippen molar-refractivity contribution in [2.45, 2.75) is 25.2 Å². The molecule has 1 saturated carbocycles. The van der Waals surface area contributed by atoms with Crippen LogP contribution in [0.25, 0.3) is 11.3 Å². The van der Waals surface area contributed by atoms with Crippen molar-refractivity contribution in [3.63, 3.8) is 0 Å². The van der Waals surface area contributed by atoms with Crippen molar-refractivity contribution < 1.29 is 18.2 Å². The van der Waals surface area contributed by atoms with Gasteiger partial charge in [-0.05, 0) is 31.9 Å². The molecule has 0 saturated heterocycles. The molecule has 0 unspecified atom stereocenters. The number of nitrogens with one attached hydrogen (secondary N) is 1. The zero-order valence-electron chi connectivity index (χ0n) is 12.9. The molecule has 0 aliphatic heterocycles. The fourth-order valence-electron chi connectivity index (χ4n) is 2.67. The Morgan fingerprint density at radius 3 is 2.67 bits per heavy atom. The molecule has 4 rings (SSSR count). The molecular formula is C17H14FN3O3. The fourth-order valence-corrected chi connectivity index (χ4v) is 2.67. The van der Waals surface area contributed by atoms with Gasteiger partial charge in [0.15, 0.2) is 11.6 Å². The normalized spacial score (nSPS) is 15.2. The van der Waals surface area contributed by atoms with Crippen molar-refractivity contribution in [3.8, 4) is 11.3 Å². The van der Waals surface area contributed by atoms with Crippen LogP contribution in [0.15, 0.2) is 45.4 Å². The van der Waals surface area contributed by atoms with Gasteiger partial charge in [0, 0.05) is 12.1 Å². The first-order valence-electron chi connectivity index (χ1n) is 7.55. The summed E-state index contributed by atoms with van der Waals surface area (Å²) in [7, 11) is 0. The summed E-state index contributed by atoms with van der Waals surface area (Å²) in [5.74, 6) is 0.663. The third-order valence-electron chi connectivity index (χ3n) is 4.19. The van der Waals surface area contributed by atoms with E-state index in [1.165, 1.54) is 6.07 Å². The molecule has 3 aromatic rings. The second-order valence-corrected chi connectivity index (χ2v) is 5.92. The van der Waals surface area contributed by atoms with Gasteiger partial charge in [-0.3, -0.25) is 4.79 Å². The van der Waals surface area contributed by atoms with Crippen LogP contribution in [0, 0.1) is 12.7 Å². The van der Waals surface area contributed by atoms with E-state index >= 15 is 0 Å². The predicted molar refractivity (Wildman–Crippen MR) is 82.7 cm³/mol. The first-order chi connectivity index (χ1) is 11.6. The lowest BCUT2D eigenvalue weighted by Gasteiger charge is -2.09. The lowest BCUT2D eigenvalue weighted by atomic mass is 10.0. The first kappa shape index (κ1) is 14.6. The Morgan fingerprint density at radius 2 is 2.00 bits per heavy atom. The number of hydrogen-bond donors (Lipinski definition) is 1. The van der Waals surface area contributed by atoms with Crippen molar-refractivity contribution >= 4 is 11.7 Å². The molecule has 0 radical (unpaired) electrons. The number of anilines is 1. The summed E-state index contributed by atoms with van der Waals surface area (Å²) in [5.41, 5.74) is 0.0675. The van der Waals surface area contributed by atoms with Crippen molar-refractivity contribution in [3.05, 3.63) is 53.7 Å². The maximum atomic E-state index is 13.9. The van der Waals surface area contributed by atoms with Crippen LogP contribution in [0.2, 0.25) is 0 Å². The van der Waals surface area contributed by atoms with Crippen LogP contribution in [-0.4, -0.2) is 16.2 Å². The van der Waals surface area contributed by atoms with Crippen molar-refractivity contribution in [1.82, 2.24) is 10.3 Å². The van der Waals surface area contributed by atoms with E-state index in [1.807, 2.05) is 0 Å². The number of amides is 1. The Morgan fingerprint density at radius 1 is 1.21 bits per heavy atom. The van der Waals surface area contributed by atoms with Crippen LogP contribution >= 0.6 is 0 Å². The number of aromatic nitrogens is 2. The lowest BCUT2D eigenvalue weighted by Crippen LogP contribution is -2.28. The molecular weight excluding hydrogens is 313 g/mol. The summed E-state index contributed by atoms with van der Waals surface area (Å²) < 4.78 is 24.1. The SMILES string of the molecule is Cc1cc(NC(=O)C2(c3cc(-c4ccccc4F)on3)CC2)no1. The van der Waals surface area contributed by atoms with Gasteiger partial charge in [0.05, 0.1) is 16.7 Å². The standard InChI is InChI=1S/C17H14FN3O3/c1-10-8-15(21-23-10)19-16(22)17(6-7-17)14-9-13(24-20-14)11-4-2-3-5-12(11)18/h2-5,8-9H,6-7H2,1H3,(H,19,21,22). The van der Waals surface area contributed by atoms with Crippen LogP contribution < -0.4 is 5.32 Å². The van der Waals surface area contributed by atoms with Crippen LogP contribution in [0.5, 0.6) is 0 Å². The molecule has 122 valence electrons. The summed E-state index contributed by atoms with van der Waals surface area (Å²) in [5, 5.41) is 10.5. The number of hydrogen-bond acceptors (Lipinski definition) is 5. The average molecular weight is 327 g/mol. The van der Waals surface area contributed by atoms with Gasteiger partial charge in [-0.2, -0.15) is 0 Å². The highest BCUT2D eigenvalue weighted by Crippen LogP contribution is 2.49. The van der Waals surface area contributed by atoms with Gasteiger partial charge in [0.25, 0.3) is 0 Å². The number of benzene rings is 1. The summed E-state index contributed by atoms with van der Waals surface area (Å²) >= 11 is 0. The van der Waals surface area contributed by atoms with E-state index in [0.29, 0.717) is 41.4 Å². The van der Waals surface area contributed by atoms with Crippen LogP contribution in [0.4, 0.5) is 10.2 Å². The minimum absolute atomic E-state index is 0.218. The van der Waals surface area contributed by atoms with E-state index in [1.54, 1.807) is 37.3 Å². The monoisotopic (exact) mass is 327 g/mol. The smallest absolute Gasteiger partial charge is 0.238 e. The Balaban J connectivity index is 1.59. The average Bonchev–Trinajstić information content (AvgIpc) is 3.05. The molecule has 1 aliphatic rings. The quantitative estimate of drug-likeness (QED) is 0.794. The molecule has 1 aromatic carbocycles. The Bertz CT molecular complexity index is 911. The molecule has 1 fully saturated rings. The zero-order valence-corrected chi connectivity index (χ0v) is 12.9. The van der Waals surface area contributed by atoms with Crippen molar-refractivity contribution in [1.29, 1.82) is 0 Å². The molecule has 7 heteroatoms. The van der Waals surface area contributed by atoms with Crippen molar-refractivity contribution in [2.24, 2.45) is 0 Å². The third-order valence-corrected chi connectivity index (χ3v) is 4.19. The molecule has 2 aromatic heterocycles. The predicted octanol–water partition coefficient (Wildman–Crippen LogP) is 3.45. The Labute approximate surface area is 136 Å². The van der Waals surface area contributed by atoms with Gasteiger partial charge >= 0.3 is 0 Å². The molecule has 0 bridgehead atoms. The Kier molecular flexibility index (Phi) is 3.23. The molecule has 1 amide bonds. The molecule has 1 aliphatic carbocycles. The molecule has 0 atom stereocenters. The summed E-state index contributed by atoms with van der Waals surface area (Å²) in [4.78, 5) is 12.6. The highest BCUT2D eigenvalue weighted by Gasteiger charge is 2.54. The maximum absolute atomic E-state index is 13.9. The molecule has 6 nitrogen and oxygen atoms in total. The molecule has 1 N–H and O–H groups in total. The van der Waals surface area contributed by atoms with Crippen LogP contribution in [-0.2, 0) is 10.2 Å².